The van der Waals surface area contributed by atoms with Gasteiger partial charge in [-0.25, -0.2) is 9.97 Å². The number of ether oxygens (including phenoxy) is 1. The molecule has 0 amide bonds. The Morgan fingerprint density at radius 2 is 2.17 bits per heavy atom. The molecular formula is C13H22N4O. The Labute approximate surface area is 108 Å². The van der Waals surface area contributed by atoms with Gasteiger partial charge in [-0.05, 0) is 19.3 Å². The molecule has 0 aliphatic heterocycles. The number of nitrogen functional groups attached to an aromatic ring is 1. The highest BCUT2D eigenvalue weighted by atomic mass is 16.5. The lowest BCUT2D eigenvalue weighted by atomic mass is 10.2. The maximum absolute atomic E-state index is 5.81. The Bertz CT molecular complexity index is 408. The molecule has 1 aromatic rings. The van der Waals surface area contributed by atoms with E-state index in [-0.39, 0.29) is 5.92 Å². The van der Waals surface area contributed by atoms with Crippen LogP contribution in [-0.4, -0.2) is 29.2 Å². The molecular weight excluding hydrogens is 228 g/mol. The van der Waals surface area contributed by atoms with Crippen molar-refractivity contribution in [1.29, 1.82) is 0 Å². The van der Waals surface area contributed by atoms with Crippen LogP contribution in [0.4, 0.5) is 11.6 Å². The van der Waals surface area contributed by atoms with E-state index in [9.17, 15) is 0 Å². The first-order valence-corrected chi connectivity index (χ1v) is 6.52. The molecule has 5 heteroatoms. The topological polar surface area (TPSA) is 73.1 Å². The summed E-state index contributed by atoms with van der Waals surface area (Å²) in [6.45, 7) is 4.13. The van der Waals surface area contributed by atoms with Crippen LogP contribution in [0.3, 0.4) is 0 Å². The van der Waals surface area contributed by atoms with Crippen LogP contribution in [0.15, 0.2) is 6.07 Å². The second-order valence-electron chi connectivity index (χ2n) is 5.20. The van der Waals surface area contributed by atoms with Crippen molar-refractivity contribution >= 4 is 11.6 Å². The van der Waals surface area contributed by atoms with Gasteiger partial charge in [-0.1, -0.05) is 13.8 Å². The quantitative estimate of drug-likeness (QED) is 0.856. The summed E-state index contributed by atoms with van der Waals surface area (Å²) in [5.41, 5.74) is 5.81. The van der Waals surface area contributed by atoms with E-state index >= 15 is 0 Å². The number of anilines is 2. The van der Waals surface area contributed by atoms with Gasteiger partial charge < -0.3 is 15.8 Å². The van der Waals surface area contributed by atoms with Crippen LogP contribution >= 0.6 is 0 Å². The van der Waals surface area contributed by atoms with Crippen LogP contribution in [0.25, 0.3) is 0 Å². The van der Waals surface area contributed by atoms with Crippen molar-refractivity contribution in [3.05, 3.63) is 11.9 Å². The SMILES string of the molecule is COC1CCC(Nc2cc(N)nc(C(C)C)n2)C1. The summed E-state index contributed by atoms with van der Waals surface area (Å²) in [5.74, 6) is 2.42. The zero-order valence-corrected chi connectivity index (χ0v) is 11.3. The lowest BCUT2D eigenvalue weighted by molar-refractivity contribution is 0.108. The summed E-state index contributed by atoms with van der Waals surface area (Å²) in [7, 11) is 1.77. The van der Waals surface area contributed by atoms with Crippen molar-refractivity contribution in [1.82, 2.24) is 9.97 Å². The number of nitrogens with one attached hydrogen (secondary N) is 1. The van der Waals surface area contributed by atoms with Crippen LogP contribution in [0, 0.1) is 0 Å². The number of hydrogen-bond donors (Lipinski definition) is 2. The normalized spacial score (nSPS) is 23.6. The van der Waals surface area contributed by atoms with Gasteiger partial charge in [0.05, 0.1) is 6.10 Å². The van der Waals surface area contributed by atoms with Crippen molar-refractivity contribution < 1.29 is 4.74 Å². The molecule has 5 nitrogen and oxygen atoms in total. The zero-order chi connectivity index (χ0) is 13.1. The van der Waals surface area contributed by atoms with Gasteiger partial charge in [0, 0.05) is 25.1 Å². The van der Waals surface area contributed by atoms with Crippen LogP contribution in [0.2, 0.25) is 0 Å². The van der Waals surface area contributed by atoms with E-state index in [1.807, 2.05) is 0 Å². The maximum atomic E-state index is 5.81. The van der Waals surface area contributed by atoms with E-state index < -0.39 is 0 Å². The van der Waals surface area contributed by atoms with Crippen molar-refractivity contribution in [2.24, 2.45) is 0 Å². The first kappa shape index (κ1) is 13.1. The second kappa shape index (κ2) is 5.52. The average molecular weight is 250 g/mol. The third-order valence-electron chi connectivity index (χ3n) is 3.35. The molecule has 1 heterocycles. The van der Waals surface area contributed by atoms with E-state index in [1.165, 1.54) is 0 Å². The lowest BCUT2D eigenvalue weighted by Crippen LogP contribution is -2.19. The van der Waals surface area contributed by atoms with Gasteiger partial charge in [-0.3, -0.25) is 0 Å². The minimum atomic E-state index is 0.282. The predicted molar refractivity (Wildman–Crippen MR) is 72.6 cm³/mol. The number of nitrogens with two attached hydrogens (primary N) is 1. The first-order chi connectivity index (χ1) is 8.58. The summed E-state index contributed by atoms with van der Waals surface area (Å²) in [4.78, 5) is 8.75. The summed E-state index contributed by atoms with van der Waals surface area (Å²) in [6, 6.07) is 2.22. The van der Waals surface area contributed by atoms with E-state index in [0.717, 1.165) is 30.9 Å². The summed E-state index contributed by atoms with van der Waals surface area (Å²) in [5, 5.41) is 3.43. The fourth-order valence-electron chi connectivity index (χ4n) is 2.31. The number of methoxy groups -OCH3 is 1. The van der Waals surface area contributed by atoms with Crippen molar-refractivity contribution in [2.45, 2.75) is 51.2 Å². The number of rotatable bonds is 4. The number of hydrogen-bond acceptors (Lipinski definition) is 5. The van der Waals surface area contributed by atoms with Gasteiger partial charge in [0.2, 0.25) is 0 Å². The van der Waals surface area contributed by atoms with Crippen molar-refractivity contribution in [3.63, 3.8) is 0 Å². The molecule has 1 aromatic heterocycles. The molecule has 18 heavy (non-hydrogen) atoms. The van der Waals surface area contributed by atoms with Gasteiger partial charge in [-0.15, -0.1) is 0 Å². The third kappa shape index (κ3) is 3.10. The molecule has 2 unspecified atom stereocenters. The van der Waals surface area contributed by atoms with Gasteiger partial charge in [0.25, 0.3) is 0 Å². The highest BCUT2D eigenvalue weighted by molar-refractivity contribution is 5.45. The zero-order valence-electron chi connectivity index (χ0n) is 11.3. The molecule has 1 saturated carbocycles. The Morgan fingerprint density at radius 3 is 2.78 bits per heavy atom. The predicted octanol–water partition coefficient (Wildman–Crippen LogP) is 2.16. The molecule has 0 aromatic carbocycles. The third-order valence-corrected chi connectivity index (χ3v) is 3.35. The van der Waals surface area contributed by atoms with Gasteiger partial charge in [-0.2, -0.15) is 0 Å². The van der Waals surface area contributed by atoms with Gasteiger partial charge in [0.1, 0.15) is 17.5 Å². The van der Waals surface area contributed by atoms with Crippen LogP contribution in [0.1, 0.15) is 44.9 Å². The van der Waals surface area contributed by atoms with Gasteiger partial charge in [0.15, 0.2) is 0 Å². The molecule has 0 radical (unpaired) electrons. The highest BCUT2D eigenvalue weighted by Crippen LogP contribution is 2.25. The fourth-order valence-corrected chi connectivity index (χ4v) is 2.31. The summed E-state index contributed by atoms with van der Waals surface area (Å²) >= 11 is 0. The molecule has 1 fully saturated rings. The molecule has 0 saturated heterocycles. The molecule has 3 N–H and O–H groups in total. The summed E-state index contributed by atoms with van der Waals surface area (Å²) in [6.07, 6.45) is 3.61. The fraction of sp³-hybridized carbons (Fsp3) is 0.692. The van der Waals surface area contributed by atoms with E-state index in [4.69, 9.17) is 10.5 Å². The Balaban J connectivity index is 2.05. The molecule has 0 spiro atoms. The molecule has 1 aliphatic rings. The Kier molecular flexibility index (Phi) is 4.01. The van der Waals surface area contributed by atoms with Crippen molar-refractivity contribution in [2.75, 3.05) is 18.2 Å². The highest BCUT2D eigenvalue weighted by Gasteiger charge is 2.24. The monoisotopic (exact) mass is 250 g/mol. The van der Waals surface area contributed by atoms with E-state index in [0.29, 0.717) is 18.0 Å². The second-order valence-corrected chi connectivity index (χ2v) is 5.20. The minimum Gasteiger partial charge on any atom is -0.384 e. The first-order valence-electron chi connectivity index (χ1n) is 6.52. The number of aromatic nitrogens is 2. The molecule has 1 aliphatic carbocycles. The van der Waals surface area contributed by atoms with E-state index in [2.05, 4.69) is 29.1 Å². The van der Waals surface area contributed by atoms with Crippen LogP contribution < -0.4 is 11.1 Å². The summed E-state index contributed by atoms with van der Waals surface area (Å²) < 4.78 is 5.37. The minimum absolute atomic E-state index is 0.282. The Morgan fingerprint density at radius 1 is 1.39 bits per heavy atom. The van der Waals surface area contributed by atoms with Crippen molar-refractivity contribution in [3.8, 4) is 0 Å². The Hall–Kier alpha value is -1.36. The molecule has 2 atom stereocenters. The van der Waals surface area contributed by atoms with Crippen LogP contribution in [0.5, 0.6) is 0 Å². The molecule has 0 bridgehead atoms. The maximum Gasteiger partial charge on any atom is 0.135 e. The molecule has 100 valence electrons. The molecule has 2 rings (SSSR count). The standard InChI is InChI=1S/C13H22N4O/c1-8(2)13-16-11(14)7-12(17-13)15-9-4-5-10(6-9)18-3/h7-10H,4-6H2,1-3H3,(H3,14,15,16,17). The lowest BCUT2D eigenvalue weighted by Gasteiger charge is -2.15. The van der Waals surface area contributed by atoms with Gasteiger partial charge >= 0.3 is 0 Å². The average Bonchev–Trinajstić information content (AvgIpc) is 2.76. The smallest absolute Gasteiger partial charge is 0.135 e. The number of nitrogens with zero attached hydrogens (tertiary/aromatic N) is 2. The van der Waals surface area contributed by atoms with E-state index in [1.54, 1.807) is 13.2 Å². The van der Waals surface area contributed by atoms with Crippen LogP contribution in [-0.2, 0) is 4.74 Å². The largest absolute Gasteiger partial charge is 0.384 e.